The normalized spacial score (nSPS) is 10.8. The van der Waals surface area contributed by atoms with Crippen LogP contribution in [0.25, 0.3) is 11.3 Å². The molecule has 0 amide bonds. The maximum absolute atomic E-state index is 11.7. The number of ketones is 1. The van der Waals surface area contributed by atoms with Crippen LogP contribution in [0.5, 0.6) is 0 Å². The Balaban J connectivity index is 2.05. The Morgan fingerprint density at radius 1 is 1.28 bits per heavy atom. The molecule has 1 aromatic carbocycles. The molecule has 0 fully saturated rings. The number of carbonyl (C=O) groups excluding carboxylic acids is 1. The monoisotopic (exact) mass is 259 g/mol. The molecular formula is C15H17NOS. The van der Waals surface area contributed by atoms with Crippen molar-refractivity contribution in [3.05, 3.63) is 40.7 Å². The third-order valence-electron chi connectivity index (χ3n) is 2.61. The lowest BCUT2D eigenvalue weighted by atomic mass is 10.1. The summed E-state index contributed by atoms with van der Waals surface area (Å²) < 4.78 is 0. The topological polar surface area (TPSA) is 30.0 Å². The number of hydrogen-bond donors (Lipinski definition) is 0. The molecule has 18 heavy (non-hydrogen) atoms. The minimum Gasteiger partial charge on any atom is -0.299 e. The summed E-state index contributed by atoms with van der Waals surface area (Å²) in [5.74, 6) is 0.699. The minimum atomic E-state index is 0.277. The van der Waals surface area contributed by atoms with E-state index in [1.807, 2.05) is 35.7 Å². The molecule has 0 radical (unpaired) electrons. The molecule has 0 saturated carbocycles. The van der Waals surface area contributed by atoms with E-state index in [4.69, 9.17) is 0 Å². The predicted octanol–water partition coefficient (Wildman–Crippen LogP) is 3.97. The highest BCUT2D eigenvalue weighted by molar-refractivity contribution is 7.10. The van der Waals surface area contributed by atoms with E-state index in [0.717, 1.165) is 16.3 Å². The molecule has 2 aromatic rings. The van der Waals surface area contributed by atoms with Gasteiger partial charge in [-0.25, -0.2) is 4.98 Å². The van der Waals surface area contributed by atoms with Gasteiger partial charge >= 0.3 is 0 Å². The zero-order valence-electron chi connectivity index (χ0n) is 10.7. The first kappa shape index (κ1) is 13.0. The molecule has 0 saturated heterocycles. The van der Waals surface area contributed by atoms with Crippen LogP contribution in [-0.4, -0.2) is 10.8 Å². The Hall–Kier alpha value is -1.48. The summed E-state index contributed by atoms with van der Waals surface area (Å²) in [5.41, 5.74) is 2.07. The molecule has 1 aromatic heterocycles. The van der Waals surface area contributed by atoms with Crippen molar-refractivity contribution in [1.29, 1.82) is 0 Å². The van der Waals surface area contributed by atoms with E-state index < -0.39 is 0 Å². The van der Waals surface area contributed by atoms with Crippen molar-refractivity contribution >= 4 is 17.1 Å². The van der Waals surface area contributed by atoms with E-state index in [9.17, 15) is 4.79 Å². The molecule has 1 heterocycles. The van der Waals surface area contributed by atoms with Gasteiger partial charge in [-0.3, -0.25) is 4.79 Å². The molecule has 3 heteroatoms. The number of rotatable bonds is 5. The smallest absolute Gasteiger partial charge is 0.139 e. The lowest BCUT2D eigenvalue weighted by molar-refractivity contribution is -0.119. The summed E-state index contributed by atoms with van der Waals surface area (Å²) in [6, 6.07) is 10.1. The summed E-state index contributed by atoms with van der Waals surface area (Å²) in [6.07, 6.45) is 1.11. The number of benzene rings is 1. The number of carbonyl (C=O) groups is 1. The molecule has 0 N–H and O–H groups in total. The average molecular weight is 259 g/mol. The lowest BCUT2D eigenvalue weighted by Crippen LogP contribution is -2.05. The molecule has 0 aliphatic rings. The van der Waals surface area contributed by atoms with E-state index in [1.54, 1.807) is 11.3 Å². The highest BCUT2D eigenvalue weighted by atomic mass is 32.1. The standard InChI is InChI=1S/C15H17NOS/c1-11(2)8-13(17)9-15-16-14(10-18-15)12-6-4-3-5-7-12/h3-7,10-11H,8-9H2,1-2H3. The fourth-order valence-electron chi connectivity index (χ4n) is 1.83. The van der Waals surface area contributed by atoms with E-state index in [2.05, 4.69) is 18.8 Å². The Kier molecular flexibility index (Phi) is 4.26. The van der Waals surface area contributed by atoms with Crippen molar-refractivity contribution < 1.29 is 4.79 Å². The summed E-state index contributed by atoms with van der Waals surface area (Å²) in [7, 11) is 0. The molecule has 94 valence electrons. The predicted molar refractivity (Wildman–Crippen MR) is 75.7 cm³/mol. The van der Waals surface area contributed by atoms with Crippen molar-refractivity contribution in [2.75, 3.05) is 0 Å². The Labute approximate surface area is 112 Å². The summed E-state index contributed by atoms with van der Waals surface area (Å²) in [6.45, 7) is 4.13. The Morgan fingerprint density at radius 3 is 2.67 bits per heavy atom. The second-order valence-electron chi connectivity index (χ2n) is 4.81. The zero-order valence-corrected chi connectivity index (χ0v) is 11.5. The molecule has 0 unspecified atom stereocenters. The number of nitrogens with zero attached hydrogens (tertiary/aromatic N) is 1. The molecule has 0 atom stereocenters. The Bertz CT molecular complexity index is 516. The highest BCUT2D eigenvalue weighted by Crippen LogP contribution is 2.22. The van der Waals surface area contributed by atoms with E-state index in [-0.39, 0.29) is 5.78 Å². The van der Waals surface area contributed by atoms with Crippen LogP contribution in [0.3, 0.4) is 0 Å². The van der Waals surface area contributed by atoms with Gasteiger partial charge in [0.25, 0.3) is 0 Å². The minimum absolute atomic E-state index is 0.277. The van der Waals surface area contributed by atoms with E-state index in [0.29, 0.717) is 18.8 Å². The fourth-order valence-corrected chi connectivity index (χ4v) is 2.66. The lowest BCUT2D eigenvalue weighted by Gasteiger charge is -2.01. The van der Waals surface area contributed by atoms with Gasteiger partial charge < -0.3 is 0 Å². The largest absolute Gasteiger partial charge is 0.299 e. The van der Waals surface area contributed by atoms with Gasteiger partial charge in [-0.05, 0) is 5.92 Å². The van der Waals surface area contributed by atoms with Crippen LogP contribution in [-0.2, 0) is 11.2 Å². The van der Waals surface area contributed by atoms with Crippen LogP contribution in [0.2, 0.25) is 0 Å². The van der Waals surface area contributed by atoms with Gasteiger partial charge in [0.2, 0.25) is 0 Å². The first-order valence-electron chi connectivity index (χ1n) is 6.16. The van der Waals surface area contributed by atoms with E-state index >= 15 is 0 Å². The van der Waals surface area contributed by atoms with Gasteiger partial charge in [-0.2, -0.15) is 0 Å². The van der Waals surface area contributed by atoms with Gasteiger partial charge in [0.15, 0.2) is 0 Å². The summed E-state index contributed by atoms with van der Waals surface area (Å²) in [5, 5.41) is 2.94. The fraction of sp³-hybridized carbons (Fsp3) is 0.333. The second-order valence-corrected chi connectivity index (χ2v) is 5.75. The third-order valence-corrected chi connectivity index (χ3v) is 3.45. The quantitative estimate of drug-likeness (QED) is 0.813. The number of aromatic nitrogens is 1. The molecular weight excluding hydrogens is 242 g/mol. The van der Waals surface area contributed by atoms with E-state index in [1.165, 1.54) is 0 Å². The van der Waals surface area contributed by atoms with Gasteiger partial charge in [-0.1, -0.05) is 44.2 Å². The first-order valence-corrected chi connectivity index (χ1v) is 7.04. The average Bonchev–Trinajstić information content (AvgIpc) is 2.77. The molecule has 2 nitrogen and oxygen atoms in total. The van der Waals surface area contributed by atoms with Crippen molar-refractivity contribution in [2.24, 2.45) is 5.92 Å². The maximum atomic E-state index is 11.7. The van der Waals surface area contributed by atoms with Crippen LogP contribution >= 0.6 is 11.3 Å². The molecule has 2 rings (SSSR count). The first-order chi connectivity index (χ1) is 8.65. The van der Waals surface area contributed by atoms with Crippen LogP contribution in [0, 0.1) is 5.92 Å². The van der Waals surface area contributed by atoms with Crippen molar-refractivity contribution in [1.82, 2.24) is 4.98 Å². The molecule has 0 aliphatic heterocycles. The van der Waals surface area contributed by atoms with Gasteiger partial charge in [0.05, 0.1) is 12.1 Å². The van der Waals surface area contributed by atoms with Gasteiger partial charge in [-0.15, -0.1) is 11.3 Å². The van der Waals surface area contributed by atoms with Gasteiger partial charge in [0, 0.05) is 17.4 Å². The number of hydrogen-bond acceptors (Lipinski definition) is 3. The van der Waals surface area contributed by atoms with Crippen LogP contribution < -0.4 is 0 Å². The summed E-state index contributed by atoms with van der Waals surface area (Å²) in [4.78, 5) is 16.3. The van der Waals surface area contributed by atoms with Crippen molar-refractivity contribution in [3.63, 3.8) is 0 Å². The molecule has 0 spiro atoms. The zero-order chi connectivity index (χ0) is 13.0. The highest BCUT2D eigenvalue weighted by Gasteiger charge is 2.10. The third kappa shape index (κ3) is 3.50. The number of Topliss-reactive ketones (excluding diaryl/α,β-unsaturated/α-hetero) is 1. The summed E-state index contributed by atoms with van der Waals surface area (Å²) >= 11 is 1.57. The molecule has 0 aliphatic carbocycles. The number of thiazole rings is 1. The van der Waals surface area contributed by atoms with Crippen LogP contribution in [0.1, 0.15) is 25.3 Å². The SMILES string of the molecule is CC(C)CC(=O)Cc1nc(-c2ccccc2)cs1. The maximum Gasteiger partial charge on any atom is 0.139 e. The molecule has 0 bridgehead atoms. The van der Waals surface area contributed by atoms with Crippen molar-refractivity contribution in [2.45, 2.75) is 26.7 Å². The van der Waals surface area contributed by atoms with Crippen LogP contribution in [0.4, 0.5) is 0 Å². The Morgan fingerprint density at radius 2 is 2.00 bits per heavy atom. The second kappa shape index (κ2) is 5.91. The van der Waals surface area contributed by atoms with Crippen LogP contribution in [0.15, 0.2) is 35.7 Å². The van der Waals surface area contributed by atoms with Crippen molar-refractivity contribution in [3.8, 4) is 11.3 Å². The van der Waals surface area contributed by atoms with Gasteiger partial charge in [0.1, 0.15) is 10.8 Å².